The second-order valence-electron chi connectivity index (χ2n) is 3.27. The molecule has 0 unspecified atom stereocenters. The Morgan fingerprint density at radius 1 is 1.47 bits per heavy atom. The molecule has 0 aliphatic rings. The number of oxime groups is 1. The maximum Gasteiger partial charge on any atom is 0.329 e. The molecular formula is C8H12N3NaO6P. The van der Waals surface area contributed by atoms with Crippen molar-refractivity contribution in [1.82, 2.24) is 9.55 Å². The van der Waals surface area contributed by atoms with E-state index in [1.807, 2.05) is 0 Å². The van der Waals surface area contributed by atoms with E-state index in [2.05, 4.69) is 15.0 Å². The van der Waals surface area contributed by atoms with E-state index in [1.54, 1.807) is 0 Å². The molecule has 101 valence electrons. The van der Waals surface area contributed by atoms with Gasteiger partial charge in [-0.25, -0.2) is 4.79 Å². The summed E-state index contributed by atoms with van der Waals surface area (Å²) in [5.41, 5.74) is -1.07. The van der Waals surface area contributed by atoms with Crippen LogP contribution in [0.5, 0.6) is 0 Å². The van der Waals surface area contributed by atoms with Crippen molar-refractivity contribution >= 4 is 43.4 Å². The van der Waals surface area contributed by atoms with E-state index in [0.29, 0.717) is 0 Å². The fourth-order valence-electron chi connectivity index (χ4n) is 0.974. The van der Waals surface area contributed by atoms with E-state index in [0.717, 1.165) is 0 Å². The SMILES string of the molecule is O=c1ccn(C/C=N/OCCP(=O)(O)O)c(=O)[nH]1.[Na]. The summed E-state index contributed by atoms with van der Waals surface area (Å²) in [4.78, 5) is 45.6. The Balaban J connectivity index is 0.00000324. The zero-order valence-electron chi connectivity index (χ0n) is 10.2. The molecule has 0 atom stereocenters. The minimum atomic E-state index is -4.08. The molecule has 0 saturated heterocycles. The monoisotopic (exact) mass is 300 g/mol. The maximum atomic E-state index is 11.2. The van der Waals surface area contributed by atoms with E-state index >= 15 is 0 Å². The largest absolute Gasteiger partial charge is 0.395 e. The standard InChI is InChI=1S/C8H12N3O6P.Na/c12-7-1-3-11(8(13)10-7)4-2-9-17-5-6-18(14,15)16;/h1-3H,4-6H2,(H,10,12,13)(H2,14,15,16);/b9-2+;. The normalized spacial score (nSPS) is 11.3. The molecule has 3 N–H and O–H groups in total. The van der Waals surface area contributed by atoms with Gasteiger partial charge >= 0.3 is 13.3 Å². The first-order valence-electron chi connectivity index (χ1n) is 4.86. The third-order valence-electron chi connectivity index (χ3n) is 1.80. The van der Waals surface area contributed by atoms with Crippen LogP contribution in [0.3, 0.4) is 0 Å². The van der Waals surface area contributed by atoms with Crippen molar-refractivity contribution in [3.63, 3.8) is 0 Å². The summed E-state index contributed by atoms with van der Waals surface area (Å²) in [6.07, 6.45) is 2.10. The summed E-state index contributed by atoms with van der Waals surface area (Å²) in [6.45, 7) is -0.146. The van der Waals surface area contributed by atoms with Gasteiger partial charge in [-0.05, 0) is 0 Å². The third kappa shape index (κ3) is 8.14. The average molecular weight is 300 g/mol. The van der Waals surface area contributed by atoms with Gasteiger partial charge in [-0.2, -0.15) is 0 Å². The van der Waals surface area contributed by atoms with Gasteiger partial charge in [0, 0.05) is 41.8 Å². The van der Waals surface area contributed by atoms with Crippen LogP contribution in [-0.2, 0) is 15.9 Å². The van der Waals surface area contributed by atoms with Crippen LogP contribution in [-0.4, -0.2) is 67.9 Å². The average Bonchev–Trinajstić information content (AvgIpc) is 2.24. The number of nitrogens with zero attached hydrogens (tertiary/aromatic N) is 2. The molecule has 1 aromatic heterocycles. The van der Waals surface area contributed by atoms with Crippen LogP contribution >= 0.6 is 7.60 Å². The van der Waals surface area contributed by atoms with E-state index in [-0.39, 0.29) is 42.7 Å². The van der Waals surface area contributed by atoms with Crippen molar-refractivity contribution in [2.24, 2.45) is 5.16 Å². The van der Waals surface area contributed by atoms with Gasteiger partial charge in [0.1, 0.15) is 6.61 Å². The molecule has 0 bridgehead atoms. The fourth-order valence-corrected chi connectivity index (χ4v) is 1.29. The maximum absolute atomic E-state index is 11.2. The summed E-state index contributed by atoms with van der Waals surface area (Å²) < 4.78 is 11.6. The van der Waals surface area contributed by atoms with Crippen molar-refractivity contribution in [2.75, 3.05) is 12.8 Å². The molecule has 1 heterocycles. The molecule has 0 fully saturated rings. The van der Waals surface area contributed by atoms with Gasteiger partial charge in [-0.3, -0.25) is 18.9 Å². The molecule has 1 rings (SSSR count). The molecule has 19 heavy (non-hydrogen) atoms. The first kappa shape index (κ1) is 18.3. The van der Waals surface area contributed by atoms with Crippen LogP contribution in [0, 0.1) is 0 Å². The van der Waals surface area contributed by atoms with Crippen molar-refractivity contribution in [1.29, 1.82) is 0 Å². The zero-order chi connectivity index (χ0) is 13.6. The molecule has 9 nitrogen and oxygen atoms in total. The Bertz CT molecular complexity index is 576. The van der Waals surface area contributed by atoms with Crippen LogP contribution in [0.25, 0.3) is 0 Å². The molecule has 1 aromatic rings. The van der Waals surface area contributed by atoms with Crippen LogP contribution in [0.15, 0.2) is 27.0 Å². The molecule has 0 aliphatic carbocycles. The van der Waals surface area contributed by atoms with Crippen molar-refractivity contribution in [3.8, 4) is 0 Å². The summed E-state index contributed by atoms with van der Waals surface area (Å²) in [6, 6.07) is 1.18. The minimum Gasteiger partial charge on any atom is -0.395 e. The van der Waals surface area contributed by atoms with Gasteiger partial charge < -0.3 is 14.6 Å². The Labute approximate surface area is 129 Å². The number of aromatic nitrogens is 2. The number of rotatable bonds is 6. The van der Waals surface area contributed by atoms with Gasteiger partial charge in [0.2, 0.25) is 0 Å². The summed E-state index contributed by atoms with van der Waals surface area (Å²) in [7, 11) is -4.08. The summed E-state index contributed by atoms with van der Waals surface area (Å²) >= 11 is 0. The van der Waals surface area contributed by atoms with Crippen LogP contribution < -0.4 is 11.2 Å². The molecular weight excluding hydrogens is 288 g/mol. The van der Waals surface area contributed by atoms with Crippen LogP contribution in [0.1, 0.15) is 0 Å². The van der Waals surface area contributed by atoms with Gasteiger partial charge in [-0.15, -0.1) is 0 Å². The topological polar surface area (TPSA) is 134 Å². The first-order chi connectivity index (χ1) is 8.38. The minimum absolute atomic E-state index is 0. The van der Waals surface area contributed by atoms with E-state index in [9.17, 15) is 14.2 Å². The molecule has 0 saturated carbocycles. The van der Waals surface area contributed by atoms with Gasteiger partial charge in [0.15, 0.2) is 0 Å². The molecule has 0 aliphatic heterocycles. The molecule has 0 spiro atoms. The smallest absolute Gasteiger partial charge is 0.329 e. The van der Waals surface area contributed by atoms with E-state index in [4.69, 9.17) is 9.79 Å². The van der Waals surface area contributed by atoms with Crippen LogP contribution in [0.4, 0.5) is 0 Å². The predicted octanol–water partition coefficient (Wildman–Crippen LogP) is -1.66. The predicted molar refractivity (Wildman–Crippen MR) is 68.4 cm³/mol. The van der Waals surface area contributed by atoms with E-state index in [1.165, 1.54) is 23.0 Å². The van der Waals surface area contributed by atoms with Gasteiger partial charge in [0.25, 0.3) is 5.56 Å². The Morgan fingerprint density at radius 3 is 2.74 bits per heavy atom. The van der Waals surface area contributed by atoms with Gasteiger partial charge in [-0.1, -0.05) is 5.16 Å². The van der Waals surface area contributed by atoms with Crippen molar-refractivity contribution < 1.29 is 19.2 Å². The van der Waals surface area contributed by atoms with Crippen molar-refractivity contribution in [2.45, 2.75) is 6.54 Å². The second kappa shape index (κ2) is 8.47. The van der Waals surface area contributed by atoms with E-state index < -0.39 is 25.0 Å². The Morgan fingerprint density at radius 2 is 2.16 bits per heavy atom. The Hall–Kier alpha value is -0.700. The molecule has 11 heteroatoms. The molecule has 0 amide bonds. The molecule has 0 aromatic carbocycles. The summed E-state index contributed by atoms with van der Waals surface area (Å²) in [5.74, 6) is 0. The molecule has 1 radical (unpaired) electrons. The number of hydrogen-bond donors (Lipinski definition) is 3. The zero-order valence-corrected chi connectivity index (χ0v) is 13.1. The van der Waals surface area contributed by atoms with Crippen LogP contribution in [0.2, 0.25) is 0 Å². The fraction of sp³-hybridized carbons (Fsp3) is 0.375. The number of nitrogens with one attached hydrogen (secondary N) is 1. The van der Waals surface area contributed by atoms with Crippen molar-refractivity contribution in [3.05, 3.63) is 33.1 Å². The quantitative estimate of drug-likeness (QED) is 0.189. The first-order valence-corrected chi connectivity index (χ1v) is 6.66. The number of hydrogen-bond acceptors (Lipinski definition) is 5. The number of H-pyrrole nitrogens is 1. The second-order valence-corrected chi connectivity index (χ2v) is 5.05. The number of aromatic amines is 1. The third-order valence-corrected chi connectivity index (χ3v) is 2.56. The summed E-state index contributed by atoms with van der Waals surface area (Å²) in [5, 5.41) is 3.41. The Kier molecular flexibility index (Phi) is 8.15. The van der Waals surface area contributed by atoms with Gasteiger partial charge in [0.05, 0.1) is 18.9 Å².